The smallest absolute Gasteiger partial charge is 0.259 e. The van der Waals surface area contributed by atoms with Gasteiger partial charge in [0.25, 0.3) is 5.91 Å². The van der Waals surface area contributed by atoms with E-state index < -0.39 is 0 Å². The number of carbonyl (C=O) groups is 1. The zero-order valence-corrected chi connectivity index (χ0v) is 16.1. The van der Waals surface area contributed by atoms with Gasteiger partial charge in [0.05, 0.1) is 12.2 Å². The van der Waals surface area contributed by atoms with Crippen molar-refractivity contribution in [1.82, 2.24) is 0 Å². The van der Waals surface area contributed by atoms with Gasteiger partial charge in [0.1, 0.15) is 5.75 Å². The highest BCUT2D eigenvalue weighted by atomic mass is 16.5. The lowest BCUT2D eigenvalue weighted by Gasteiger charge is -2.15. The van der Waals surface area contributed by atoms with Crippen LogP contribution in [0, 0.1) is 20.8 Å². The average molecular weight is 359 g/mol. The fourth-order valence-corrected chi connectivity index (χ4v) is 3.26. The number of nitrogens with one attached hydrogen (secondary N) is 1. The molecule has 0 saturated carbocycles. The van der Waals surface area contributed by atoms with E-state index in [0.29, 0.717) is 17.9 Å². The van der Waals surface area contributed by atoms with Crippen LogP contribution in [0.25, 0.3) is 0 Å². The Morgan fingerprint density at radius 1 is 0.889 bits per heavy atom. The molecule has 0 aliphatic carbocycles. The van der Waals surface area contributed by atoms with Crippen molar-refractivity contribution in [2.24, 2.45) is 0 Å². The maximum atomic E-state index is 12.9. The number of amides is 1. The molecule has 0 aliphatic heterocycles. The highest BCUT2D eigenvalue weighted by molar-refractivity contribution is 6.06. The Labute approximate surface area is 161 Å². The van der Waals surface area contributed by atoms with Gasteiger partial charge in [0.2, 0.25) is 0 Å². The van der Waals surface area contributed by atoms with E-state index in [2.05, 4.69) is 36.5 Å². The summed E-state index contributed by atoms with van der Waals surface area (Å²) in [5, 5.41) is 3.05. The molecule has 0 unspecified atom stereocenters. The van der Waals surface area contributed by atoms with Gasteiger partial charge in [-0.15, -0.1) is 0 Å². The Bertz CT molecular complexity index is 909. The number of carbonyl (C=O) groups excluding carboxylic acids is 1. The van der Waals surface area contributed by atoms with Crippen LogP contribution in [0.5, 0.6) is 5.75 Å². The van der Waals surface area contributed by atoms with Crippen LogP contribution in [0.3, 0.4) is 0 Å². The summed E-state index contributed by atoms with van der Waals surface area (Å²) >= 11 is 0. The number of para-hydroxylation sites is 1. The molecule has 3 heteroatoms. The van der Waals surface area contributed by atoms with Crippen LogP contribution < -0.4 is 10.1 Å². The Kier molecular flexibility index (Phi) is 5.92. The first-order valence-corrected chi connectivity index (χ1v) is 9.19. The summed E-state index contributed by atoms with van der Waals surface area (Å²) in [6.45, 7) is 6.61. The van der Waals surface area contributed by atoms with Gasteiger partial charge in [-0.05, 0) is 49.6 Å². The number of benzene rings is 3. The average Bonchev–Trinajstić information content (AvgIpc) is 2.66. The number of anilines is 1. The van der Waals surface area contributed by atoms with Crippen LogP contribution in [-0.4, -0.2) is 12.5 Å². The number of ether oxygens (including phenoxy) is 1. The number of hydrogen-bond acceptors (Lipinski definition) is 2. The summed E-state index contributed by atoms with van der Waals surface area (Å²) in [7, 11) is 0. The molecule has 27 heavy (non-hydrogen) atoms. The molecule has 3 rings (SSSR count). The summed E-state index contributed by atoms with van der Waals surface area (Å²) in [6, 6.07) is 21.7. The molecule has 3 aromatic rings. The Hall–Kier alpha value is -3.07. The first-order chi connectivity index (χ1) is 13.0. The molecular weight excluding hydrogens is 334 g/mol. The van der Waals surface area contributed by atoms with Crippen molar-refractivity contribution in [3.8, 4) is 5.75 Å². The Balaban J connectivity index is 1.72. The maximum Gasteiger partial charge on any atom is 0.259 e. The van der Waals surface area contributed by atoms with E-state index in [1.165, 1.54) is 11.1 Å². The van der Waals surface area contributed by atoms with Gasteiger partial charge in [-0.3, -0.25) is 4.79 Å². The zero-order valence-electron chi connectivity index (χ0n) is 16.1. The predicted octanol–water partition coefficient (Wildman–Crippen LogP) is 5.49. The fourth-order valence-electron chi connectivity index (χ4n) is 3.26. The molecular formula is C24H25NO2. The summed E-state index contributed by atoms with van der Waals surface area (Å²) < 4.78 is 5.92. The lowest BCUT2D eigenvalue weighted by Crippen LogP contribution is -2.16. The molecule has 1 amide bonds. The lowest BCUT2D eigenvalue weighted by molar-refractivity contribution is 0.102. The van der Waals surface area contributed by atoms with E-state index in [-0.39, 0.29) is 5.91 Å². The molecule has 0 spiro atoms. The van der Waals surface area contributed by atoms with Gasteiger partial charge < -0.3 is 10.1 Å². The summed E-state index contributed by atoms with van der Waals surface area (Å²) in [5.74, 6) is 0.453. The van der Waals surface area contributed by atoms with E-state index in [1.54, 1.807) is 6.07 Å². The Morgan fingerprint density at radius 3 is 2.22 bits per heavy atom. The van der Waals surface area contributed by atoms with Crippen LogP contribution >= 0.6 is 0 Å². The van der Waals surface area contributed by atoms with E-state index in [4.69, 9.17) is 4.74 Å². The predicted molar refractivity (Wildman–Crippen MR) is 111 cm³/mol. The van der Waals surface area contributed by atoms with Gasteiger partial charge in [-0.25, -0.2) is 0 Å². The van der Waals surface area contributed by atoms with Crippen molar-refractivity contribution in [3.63, 3.8) is 0 Å². The topological polar surface area (TPSA) is 38.3 Å². The highest BCUT2D eigenvalue weighted by Crippen LogP contribution is 2.25. The molecule has 0 fully saturated rings. The van der Waals surface area contributed by atoms with Crippen molar-refractivity contribution < 1.29 is 9.53 Å². The molecule has 0 aromatic heterocycles. The third kappa shape index (κ3) is 4.76. The molecule has 1 N–H and O–H groups in total. The molecule has 0 saturated heterocycles. The van der Waals surface area contributed by atoms with Crippen LogP contribution in [0.4, 0.5) is 5.69 Å². The normalized spacial score (nSPS) is 10.5. The van der Waals surface area contributed by atoms with Gasteiger partial charge in [0, 0.05) is 12.1 Å². The zero-order chi connectivity index (χ0) is 19.2. The minimum Gasteiger partial charge on any atom is -0.492 e. The van der Waals surface area contributed by atoms with E-state index >= 15 is 0 Å². The minimum absolute atomic E-state index is 0.152. The Morgan fingerprint density at radius 2 is 1.52 bits per heavy atom. The van der Waals surface area contributed by atoms with Gasteiger partial charge in [-0.1, -0.05) is 60.2 Å². The van der Waals surface area contributed by atoms with Crippen LogP contribution in [-0.2, 0) is 6.42 Å². The largest absolute Gasteiger partial charge is 0.492 e. The second-order valence-electron chi connectivity index (χ2n) is 6.81. The third-order valence-electron chi connectivity index (χ3n) is 4.54. The van der Waals surface area contributed by atoms with E-state index in [1.807, 2.05) is 50.2 Å². The lowest BCUT2D eigenvalue weighted by atomic mass is 10.0. The molecule has 3 aromatic carbocycles. The molecule has 0 atom stereocenters. The number of rotatable bonds is 6. The van der Waals surface area contributed by atoms with E-state index in [0.717, 1.165) is 23.2 Å². The monoisotopic (exact) mass is 359 g/mol. The maximum absolute atomic E-state index is 12.9. The summed E-state index contributed by atoms with van der Waals surface area (Å²) in [4.78, 5) is 12.9. The van der Waals surface area contributed by atoms with Crippen LogP contribution in [0.15, 0.2) is 66.7 Å². The SMILES string of the molecule is Cc1cc(C)c(NC(=O)c2ccccc2OCCc2ccccc2)c(C)c1. The second kappa shape index (κ2) is 8.54. The quantitative estimate of drug-likeness (QED) is 0.632. The van der Waals surface area contributed by atoms with Crippen molar-refractivity contribution in [2.75, 3.05) is 11.9 Å². The first kappa shape index (κ1) is 18.7. The second-order valence-corrected chi connectivity index (χ2v) is 6.81. The van der Waals surface area contributed by atoms with Crippen molar-refractivity contribution in [3.05, 3.63) is 94.5 Å². The molecule has 0 aliphatic rings. The van der Waals surface area contributed by atoms with Crippen molar-refractivity contribution >= 4 is 11.6 Å². The van der Waals surface area contributed by atoms with Gasteiger partial charge in [0.15, 0.2) is 0 Å². The van der Waals surface area contributed by atoms with Crippen molar-refractivity contribution in [1.29, 1.82) is 0 Å². The molecule has 0 bridgehead atoms. The first-order valence-electron chi connectivity index (χ1n) is 9.19. The fraction of sp³-hybridized carbons (Fsp3) is 0.208. The van der Waals surface area contributed by atoms with Gasteiger partial charge >= 0.3 is 0 Å². The van der Waals surface area contributed by atoms with Crippen molar-refractivity contribution in [2.45, 2.75) is 27.2 Å². The molecule has 138 valence electrons. The van der Waals surface area contributed by atoms with Gasteiger partial charge in [-0.2, -0.15) is 0 Å². The molecule has 3 nitrogen and oxygen atoms in total. The molecule has 0 radical (unpaired) electrons. The van der Waals surface area contributed by atoms with Crippen LogP contribution in [0.2, 0.25) is 0 Å². The third-order valence-corrected chi connectivity index (χ3v) is 4.54. The van der Waals surface area contributed by atoms with E-state index in [9.17, 15) is 4.79 Å². The molecule has 0 heterocycles. The number of aryl methyl sites for hydroxylation is 3. The minimum atomic E-state index is -0.152. The summed E-state index contributed by atoms with van der Waals surface area (Å²) in [6.07, 6.45) is 0.799. The summed E-state index contributed by atoms with van der Waals surface area (Å²) in [5.41, 5.74) is 5.93. The standard InChI is InChI=1S/C24H25NO2/c1-17-15-18(2)23(19(3)16-17)25-24(26)21-11-7-8-12-22(21)27-14-13-20-9-5-4-6-10-20/h4-12,15-16H,13-14H2,1-3H3,(H,25,26). The highest BCUT2D eigenvalue weighted by Gasteiger charge is 2.14. The van der Waals surface area contributed by atoms with Crippen LogP contribution in [0.1, 0.15) is 32.6 Å². The number of hydrogen-bond donors (Lipinski definition) is 1.